The summed E-state index contributed by atoms with van der Waals surface area (Å²) in [7, 11) is 0. The van der Waals surface area contributed by atoms with Crippen molar-refractivity contribution in [1.29, 1.82) is 0 Å². The van der Waals surface area contributed by atoms with Gasteiger partial charge in [0.05, 0.1) is 22.5 Å². The Kier molecular flexibility index (Phi) is 3.99. The first-order valence-electron chi connectivity index (χ1n) is 6.01. The van der Waals surface area contributed by atoms with Gasteiger partial charge in [-0.1, -0.05) is 11.6 Å². The third-order valence-electron chi connectivity index (χ3n) is 2.85. The Hall–Kier alpha value is -1.39. The third kappa shape index (κ3) is 2.71. The second-order valence-electron chi connectivity index (χ2n) is 4.27. The molecule has 5 heteroatoms. The Bertz CT molecular complexity index is 536. The number of pyridine rings is 1. The van der Waals surface area contributed by atoms with Crippen LogP contribution in [0, 0.1) is 6.92 Å². The van der Waals surface area contributed by atoms with Gasteiger partial charge in [0, 0.05) is 24.9 Å². The number of nitrogens with zero attached hydrogens (tertiary/aromatic N) is 3. The molecule has 0 fully saturated rings. The average Bonchev–Trinajstić information content (AvgIpc) is 2.70. The van der Waals surface area contributed by atoms with Gasteiger partial charge >= 0.3 is 0 Å². The molecule has 0 bridgehead atoms. The molecule has 0 aromatic carbocycles. The van der Waals surface area contributed by atoms with Gasteiger partial charge in [-0.25, -0.2) is 0 Å². The summed E-state index contributed by atoms with van der Waals surface area (Å²) in [5.74, 6) is 0. The van der Waals surface area contributed by atoms with Crippen molar-refractivity contribution in [2.45, 2.75) is 32.9 Å². The van der Waals surface area contributed by atoms with Crippen LogP contribution in [0.25, 0.3) is 0 Å². The summed E-state index contributed by atoms with van der Waals surface area (Å²) in [5.41, 5.74) is 9.03. The topological polar surface area (TPSA) is 56.7 Å². The molecule has 2 aromatic rings. The Morgan fingerprint density at radius 1 is 1.50 bits per heavy atom. The molecule has 0 radical (unpaired) electrons. The molecule has 0 amide bonds. The predicted octanol–water partition coefficient (Wildman–Crippen LogP) is 2.50. The van der Waals surface area contributed by atoms with E-state index >= 15 is 0 Å². The van der Waals surface area contributed by atoms with E-state index < -0.39 is 0 Å². The van der Waals surface area contributed by atoms with E-state index in [1.165, 1.54) is 0 Å². The fourth-order valence-corrected chi connectivity index (χ4v) is 2.29. The molecule has 2 N–H and O–H groups in total. The highest BCUT2D eigenvalue weighted by atomic mass is 35.5. The minimum atomic E-state index is -0.208. The fourth-order valence-electron chi connectivity index (χ4n) is 2.03. The van der Waals surface area contributed by atoms with Crippen molar-refractivity contribution in [2.75, 3.05) is 0 Å². The maximum absolute atomic E-state index is 6.17. The maximum Gasteiger partial charge on any atom is 0.0760 e. The molecule has 0 aliphatic carbocycles. The monoisotopic (exact) mass is 264 g/mol. The normalized spacial score (nSPS) is 12.7. The van der Waals surface area contributed by atoms with Gasteiger partial charge in [0.25, 0.3) is 0 Å². The molecule has 1 unspecified atom stereocenters. The lowest BCUT2D eigenvalue weighted by Crippen LogP contribution is -2.17. The zero-order valence-corrected chi connectivity index (χ0v) is 11.4. The van der Waals surface area contributed by atoms with Crippen molar-refractivity contribution in [1.82, 2.24) is 14.8 Å². The zero-order chi connectivity index (χ0) is 13.1. The Labute approximate surface area is 112 Å². The Balaban J connectivity index is 2.21. The molecule has 18 heavy (non-hydrogen) atoms. The van der Waals surface area contributed by atoms with Gasteiger partial charge in [0.1, 0.15) is 0 Å². The van der Waals surface area contributed by atoms with E-state index in [-0.39, 0.29) is 6.04 Å². The van der Waals surface area contributed by atoms with Crippen molar-refractivity contribution in [3.8, 4) is 0 Å². The number of hydrogen-bond donors (Lipinski definition) is 1. The number of nitrogens with two attached hydrogens (primary N) is 1. The summed E-state index contributed by atoms with van der Waals surface area (Å²) in [6.45, 7) is 4.88. The number of aromatic nitrogens is 3. The fraction of sp³-hybridized carbons (Fsp3) is 0.385. The van der Waals surface area contributed by atoms with Gasteiger partial charge in [-0.3, -0.25) is 9.67 Å². The molecule has 0 aliphatic rings. The Morgan fingerprint density at radius 2 is 2.28 bits per heavy atom. The zero-order valence-electron chi connectivity index (χ0n) is 10.6. The van der Waals surface area contributed by atoms with Crippen LogP contribution in [0.15, 0.2) is 24.4 Å². The van der Waals surface area contributed by atoms with Gasteiger partial charge in [0.2, 0.25) is 0 Å². The molecule has 2 heterocycles. The molecule has 2 aromatic heterocycles. The lowest BCUT2D eigenvalue weighted by Gasteiger charge is -2.13. The van der Waals surface area contributed by atoms with Crippen LogP contribution in [0.3, 0.4) is 0 Å². The van der Waals surface area contributed by atoms with Gasteiger partial charge in [-0.05, 0) is 32.0 Å². The van der Waals surface area contributed by atoms with Gasteiger partial charge in [0.15, 0.2) is 0 Å². The molecular weight excluding hydrogens is 248 g/mol. The number of rotatable bonds is 4. The quantitative estimate of drug-likeness (QED) is 0.923. The molecule has 1 atom stereocenters. The standard InChI is InChI=1S/C13H17ClN4/c1-3-18-10(7-9(2)17-18)8-12(15)13-11(14)5-4-6-16-13/h4-7,12H,3,8,15H2,1-2H3. The van der Waals surface area contributed by atoms with Crippen molar-refractivity contribution in [3.63, 3.8) is 0 Å². The van der Waals surface area contributed by atoms with Gasteiger partial charge in [-0.2, -0.15) is 5.10 Å². The lowest BCUT2D eigenvalue weighted by molar-refractivity contribution is 0.582. The molecule has 0 spiro atoms. The number of halogens is 1. The van der Waals surface area contributed by atoms with Crippen molar-refractivity contribution < 1.29 is 0 Å². The predicted molar refractivity (Wildman–Crippen MR) is 72.5 cm³/mol. The largest absolute Gasteiger partial charge is 0.322 e. The lowest BCUT2D eigenvalue weighted by atomic mass is 10.1. The summed E-state index contributed by atoms with van der Waals surface area (Å²) in [6.07, 6.45) is 2.40. The van der Waals surface area contributed by atoms with Gasteiger partial charge < -0.3 is 5.73 Å². The van der Waals surface area contributed by atoms with Crippen LogP contribution in [0.2, 0.25) is 5.02 Å². The van der Waals surface area contributed by atoms with E-state index in [0.29, 0.717) is 11.4 Å². The highest BCUT2D eigenvalue weighted by Crippen LogP contribution is 2.21. The van der Waals surface area contributed by atoms with E-state index in [0.717, 1.165) is 23.6 Å². The SMILES string of the molecule is CCn1nc(C)cc1CC(N)c1ncccc1Cl. The summed E-state index contributed by atoms with van der Waals surface area (Å²) in [4.78, 5) is 4.25. The van der Waals surface area contributed by atoms with Crippen LogP contribution in [-0.2, 0) is 13.0 Å². The summed E-state index contributed by atoms with van der Waals surface area (Å²) in [5, 5.41) is 5.02. The first-order chi connectivity index (χ1) is 8.61. The first-order valence-corrected chi connectivity index (χ1v) is 6.39. The molecule has 2 rings (SSSR count). The van der Waals surface area contributed by atoms with Crippen LogP contribution in [0.1, 0.15) is 30.0 Å². The summed E-state index contributed by atoms with van der Waals surface area (Å²) >= 11 is 6.10. The van der Waals surface area contributed by atoms with E-state index in [1.807, 2.05) is 17.7 Å². The first kappa shape index (κ1) is 13.1. The maximum atomic E-state index is 6.17. The van der Waals surface area contributed by atoms with Crippen molar-refractivity contribution >= 4 is 11.6 Å². The molecule has 0 saturated carbocycles. The van der Waals surface area contributed by atoms with E-state index in [1.54, 1.807) is 12.3 Å². The number of aryl methyl sites for hydroxylation is 2. The Morgan fingerprint density at radius 3 is 2.94 bits per heavy atom. The minimum absolute atomic E-state index is 0.208. The third-order valence-corrected chi connectivity index (χ3v) is 3.17. The minimum Gasteiger partial charge on any atom is -0.322 e. The smallest absolute Gasteiger partial charge is 0.0760 e. The van der Waals surface area contributed by atoms with Crippen molar-refractivity contribution in [3.05, 3.63) is 46.5 Å². The highest BCUT2D eigenvalue weighted by molar-refractivity contribution is 6.31. The van der Waals surface area contributed by atoms with E-state index in [2.05, 4.69) is 23.1 Å². The molecule has 0 saturated heterocycles. The molecule has 4 nitrogen and oxygen atoms in total. The van der Waals surface area contributed by atoms with Crippen LogP contribution < -0.4 is 5.73 Å². The summed E-state index contributed by atoms with van der Waals surface area (Å²) in [6, 6.07) is 5.46. The van der Waals surface area contributed by atoms with E-state index in [9.17, 15) is 0 Å². The molecular formula is C13H17ClN4. The van der Waals surface area contributed by atoms with Crippen LogP contribution in [0.4, 0.5) is 0 Å². The van der Waals surface area contributed by atoms with Crippen LogP contribution in [0.5, 0.6) is 0 Å². The number of hydrogen-bond acceptors (Lipinski definition) is 3. The second-order valence-corrected chi connectivity index (χ2v) is 4.68. The van der Waals surface area contributed by atoms with Gasteiger partial charge in [-0.15, -0.1) is 0 Å². The van der Waals surface area contributed by atoms with Crippen molar-refractivity contribution in [2.24, 2.45) is 5.73 Å². The molecule has 96 valence electrons. The highest BCUT2D eigenvalue weighted by Gasteiger charge is 2.15. The average molecular weight is 265 g/mol. The molecule has 0 aliphatic heterocycles. The second kappa shape index (κ2) is 5.50. The van der Waals surface area contributed by atoms with Crippen LogP contribution in [-0.4, -0.2) is 14.8 Å². The van der Waals surface area contributed by atoms with E-state index in [4.69, 9.17) is 17.3 Å². The van der Waals surface area contributed by atoms with Crippen LogP contribution >= 0.6 is 11.6 Å². The summed E-state index contributed by atoms with van der Waals surface area (Å²) < 4.78 is 1.96.